The van der Waals surface area contributed by atoms with Gasteiger partial charge in [-0.2, -0.15) is 0 Å². The second-order valence-corrected chi connectivity index (χ2v) is 4.36. The molecule has 1 aromatic rings. The molecule has 0 saturated carbocycles. The fourth-order valence-corrected chi connectivity index (χ4v) is 2.28. The first-order chi connectivity index (χ1) is 6.97. The molecule has 0 radical (unpaired) electrons. The number of benzene rings is 1. The first kappa shape index (κ1) is 11.8. The van der Waals surface area contributed by atoms with Gasteiger partial charge in [-0.05, 0) is 24.6 Å². The van der Waals surface area contributed by atoms with E-state index in [4.69, 9.17) is 10.2 Å². The number of carboxylic acids is 2. The Morgan fingerprint density at radius 1 is 1.20 bits per heavy atom. The van der Waals surface area contributed by atoms with Gasteiger partial charge in [0.2, 0.25) is 0 Å². The minimum Gasteiger partial charge on any atom is -0.478 e. The summed E-state index contributed by atoms with van der Waals surface area (Å²) in [4.78, 5) is 21.5. The lowest BCUT2D eigenvalue weighted by atomic mass is 10.1. The van der Waals surface area contributed by atoms with Gasteiger partial charge in [-0.15, -0.1) is 0 Å². The van der Waals surface area contributed by atoms with E-state index in [9.17, 15) is 12.7 Å². The minimum atomic E-state index is -1.62. The fourth-order valence-electron chi connectivity index (χ4n) is 1.15. The van der Waals surface area contributed by atoms with Gasteiger partial charge in [0.25, 0.3) is 0 Å². The molecule has 15 heavy (non-hydrogen) atoms. The van der Waals surface area contributed by atoms with Gasteiger partial charge in [-0.1, -0.05) is 0 Å². The fraction of sp³-hybridized carbons (Fsp3) is 0.111. The van der Waals surface area contributed by atoms with Gasteiger partial charge in [0.1, 0.15) is 0 Å². The van der Waals surface area contributed by atoms with Gasteiger partial charge in [0, 0.05) is 0 Å². The molecule has 1 rings (SSSR count). The molecule has 0 heterocycles. The van der Waals surface area contributed by atoms with Crippen molar-refractivity contribution in [1.29, 1.82) is 0 Å². The van der Waals surface area contributed by atoms with Crippen molar-refractivity contribution in [3.05, 3.63) is 32.4 Å². The predicted molar refractivity (Wildman–Crippen MR) is 58.5 cm³/mol. The third-order valence-electron chi connectivity index (χ3n) is 1.81. The van der Waals surface area contributed by atoms with Crippen LogP contribution in [0.4, 0.5) is 0 Å². The summed E-state index contributed by atoms with van der Waals surface area (Å²) in [6.07, 6.45) is 0. The summed E-state index contributed by atoms with van der Waals surface area (Å²) >= 11 is -1.62. The molecule has 0 spiro atoms. The molecule has 0 fully saturated rings. The van der Waals surface area contributed by atoms with Crippen molar-refractivity contribution in [3.63, 3.8) is 0 Å². The van der Waals surface area contributed by atoms with Crippen molar-refractivity contribution in [1.82, 2.24) is 0 Å². The van der Waals surface area contributed by atoms with Crippen molar-refractivity contribution < 1.29 is 22.9 Å². The summed E-state index contributed by atoms with van der Waals surface area (Å²) < 4.78 is 11.1. The van der Waals surface area contributed by atoms with E-state index in [1.807, 2.05) is 0 Å². The molecule has 80 valence electrons. The van der Waals surface area contributed by atoms with Crippen LogP contribution in [0, 0.1) is 10.5 Å². The van der Waals surface area contributed by atoms with Gasteiger partial charge in [-0.3, -0.25) is 3.07 Å². The van der Waals surface area contributed by atoms with Crippen LogP contribution >= 0.6 is 21.2 Å². The number of rotatable bonds is 3. The standard InChI is InChI=1S/C9H7IO5/c1-4-2-5(8(11)12)3-6(9(13)14)7(4)10-15/h2-3H,1H3,(H,11,12)(H,13,14). The average Bonchev–Trinajstić information content (AvgIpc) is 2.16. The van der Waals surface area contributed by atoms with Crippen molar-refractivity contribution in [3.8, 4) is 0 Å². The molecule has 0 bridgehead atoms. The van der Waals surface area contributed by atoms with E-state index >= 15 is 0 Å². The minimum absolute atomic E-state index is 0.105. The maximum atomic E-state index is 10.9. The van der Waals surface area contributed by atoms with Gasteiger partial charge in [0.15, 0.2) is 21.2 Å². The monoisotopic (exact) mass is 322 g/mol. The van der Waals surface area contributed by atoms with Crippen LogP contribution in [-0.4, -0.2) is 22.2 Å². The lowest BCUT2D eigenvalue weighted by molar-refractivity contribution is 0.0695. The Morgan fingerprint density at radius 2 is 1.80 bits per heavy atom. The largest absolute Gasteiger partial charge is 0.478 e. The molecule has 2 N–H and O–H groups in total. The summed E-state index contributed by atoms with van der Waals surface area (Å²) in [7, 11) is 0. The Balaban J connectivity index is 3.52. The van der Waals surface area contributed by atoms with E-state index in [-0.39, 0.29) is 14.7 Å². The lowest BCUT2D eigenvalue weighted by Gasteiger charge is -2.04. The Hall–Kier alpha value is -1.31. The van der Waals surface area contributed by atoms with Gasteiger partial charge >= 0.3 is 11.9 Å². The van der Waals surface area contributed by atoms with E-state index in [1.54, 1.807) is 6.92 Å². The summed E-state index contributed by atoms with van der Waals surface area (Å²) in [6, 6.07) is 2.35. The van der Waals surface area contributed by atoms with Crippen LogP contribution in [0.2, 0.25) is 0 Å². The SMILES string of the molecule is Cc1cc(C(=O)O)cc(C(=O)O)c1I=O. The van der Waals surface area contributed by atoms with Crippen LogP contribution < -0.4 is 0 Å². The molecule has 0 atom stereocenters. The predicted octanol–water partition coefficient (Wildman–Crippen LogP) is 1.88. The average molecular weight is 322 g/mol. The molecule has 0 saturated heterocycles. The molecule has 0 aliphatic carbocycles. The van der Waals surface area contributed by atoms with Gasteiger partial charge < -0.3 is 10.2 Å². The summed E-state index contributed by atoms with van der Waals surface area (Å²) in [5.41, 5.74) is 0.149. The maximum absolute atomic E-state index is 10.9. The van der Waals surface area contributed by atoms with Crippen molar-refractivity contribution >= 4 is 33.1 Å². The molecule has 0 unspecified atom stereocenters. The van der Waals surface area contributed by atoms with Crippen LogP contribution in [0.1, 0.15) is 26.3 Å². The zero-order chi connectivity index (χ0) is 11.6. The van der Waals surface area contributed by atoms with Crippen LogP contribution in [0.3, 0.4) is 0 Å². The highest BCUT2D eigenvalue weighted by Gasteiger charge is 2.16. The highest BCUT2D eigenvalue weighted by atomic mass is 127. The van der Waals surface area contributed by atoms with E-state index < -0.39 is 33.1 Å². The van der Waals surface area contributed by atoms with Crippen molar-refractivity contribution in [2.24, 2.45) is 0 Å². The van der Waals surface area contributed by atoms with E-state index in [2.05, 4.69) is 0 Å². The first-order valence-electron chi connectivity index (χ1n) is 3.85. The molecule has 1 aromatic carbocycles. The number of carboxylic acid groups (broad SMARTS) is 2. The summed E-state index contributed by atoms with van der Waals surface area (Å²) in [5.74, 6) is -2.46. The number of hydrogen-bond donors (Lipinski definition) is 2. The number of carbonyl (C=O) groups is 2. The van der Waals surface area contributed by atoms with E-state index in [0.717, 1.165) is 6.07 Å². The van der Waals surface area contributed by atoms with Crippen molar-refractivity contribution in [2.75, 3.05) is 0 Å². The zero-order valence-corrected chi connectivity index (χ0v) is 9.81. The Kier molecular flexibility index (Phi) is 3.51. The maximum Gasteiger partial charge on any atom is 0.336 e. The normalized spacial score (nSPS) is 9.93. The molecular weight excluding hydrogens is 315 g/mol. The molecule has 6 heteroatoms. The third-order valence-corrected chi connectivity index (χ3v) is 3.68. The molecule has 0 aliphatic rings. The number of hydrogen-bond acceptors (Lipinski definition) is 3. The van der Waals surface area contributed by atoms with Crippen LogP contribution in [0.15, 0.2) is 12.1 Å². The molecule has 5 nitrogen and oxygen atoms in total. The topological polar surface area (TPSA) is 91.7 Å². The first-order valence-corrected chi connectivity index (χ1v) is 5.81. The Bertz CT molecular complexity index is 452. The second-order valence-electron chi connectivity index (χ2n) is 2.84. The quantitative estimate of drug-likeness (QED) is 0.829. The van der Waals surface area contributed by atoms with Crippen LogP contribution in [0.5, 0.6) is 0 Å². The van der Waals surface area contributed by atoms with Gasteiger partial charge in [-0.25, -0.2) is 9.59 Å². The third kappa shape index (κ3) is 2.38. The van der Waals surface area contributed by atoms with Crippen LogP contribution in [-0.2, 0) is 3.07 Å². The number of aryl methyl sites for hydroxylation is 1. The van der Waals surface area contributed by atoms with Crippen LogP contribution in [0.25, 0.3) is 0 Å². The smallest absolute Gasteiger partial charge is 0.336 e. The Labute approximate surface area is 95.4 Å². The molecular formula is C9H7IO5. The summed E-state index contributed by atoms with van der Waals surface area (Å²) in [5, 5.41) is 17.5. The molecule has 0 aliphatic heterocycles. The Morgan fingerprint density at radius 3 is 2.20 bits per heavy atom. The lowest BCUT2D eigenvalue weighted by Crippen LogP contribution is -2.06. The number of aromatic carboxylic acids is 2. The van der Waals surface area contributed by atoms with E-state index in [0.29, 0.717) is 5.56 Å². The summed E-state index contributed by atoms with van der Waals surface area (Å²) in [6.45, 7) is 1.55. The molecule has 0 aromatic heterocycles. The molecule has 0 amide bonds. The second kappa shape index (κ2) is 4.47. The number of halogens is 1. The van der Waals surface area contributed by atoms with Gasteiger partial charge in [0.05, 0.1) is 14.7 Å². The highest BCUT2D eigenvalue weighted by molar-refractivity contribution is 14.1. The van der Waals surface area contributed by atoms with Crippen molar-refractivity contribution in [2.45, 2.75) is 6.92 Å². The zero-order valence-electron chi connectivity index (χ0n) is 7.65. The van der Waals surface area contributed by atoms with E-state index in [1.165, 1.54) is 6.07 Å². The highest BCUT2D eigenvalue weighted by Crippen LogP contribution is 2.22.